The predicted molar refractivity (Wildman–Crippen MR) is 77.8 cm³/mol. The minimum Gasteiger partial charge on any atom is -0.390 e. The van der Waals surface area contributed by atoms with Gasteiger partial charge in [-0.05, 0) is 37.7 Å². The van der Waals surface area contributed by atoms with E-state index in [1.165, 1.54) is 0 Å². The van der Waals surface area contributed by atoms with Gasteiger partial charge in [0.15, 0.2) is 0 Å². The van der Waals surface area contributed by atoms with Crippen LogP contribution >= 0.6 is 0 Å². The Morgan fingerprint density at radius 1 is 1.40 bits per heavy atom. The number of hydrogen-bond acceptors (Lipinski definition) is 3. The Morgan fingerprint density at radius 2 is 2.10 bits per heavy atom. The van der Waals surface area contributed by atoms with Gasteiger partial charge >= 0.3 is 0 Å². The molecule has 2 N–H and O–H groups in total. The molecule has 20 heavy (non-hydrogen) atoms. The van der Waals surface area contributed by atoms with Crippen LogP contribution in [0, 0.1) is 5.41 Å². The van der Waals surface area contributed by atoms with Crippen molar-refractivity contribution in [3.8, 4) is 0 Å². The molecule has 5 nitrogen and oxygen atoms in total. The number of rotatable bonds is 8. The molecule has 1 heterocycles. The molecule has 1 aliphatic rings. The van der Waals surface area contributed by atoms with Crippen molar-refractivity contribution in [3.05, 3.63) is 18.0 Å². The second kappa shape index (κ2) is 5.87. The molecule has 0 aliphatic heterocycles. The molecule has 6 heteroatoms. The fourth-order valence-electron chi connectivity index (χ4n) is 2.65. The zero-order valence-corrected chi connectivity index (χ0v) is 13.0. The monoisotopic (exact) mass is 300 g/mol. The summed E-state index contributed by atoms with van der Waals surface area (Å²) in [7, 11) is -3.48. The van der Waals surface area contributed by atoms with Gasteiger partial charge < -0.3 is 9.67 Å². The van der Waals surface area contributed by atoms with Crippen molar-refractivity contribution in [1.29, 1.82) is 0 Å². The summed E-state index contributed by atoms with van der Waals surface area (Å²) in [4.78, 5) is 0.246. The smallest absolute Gasteiger partial charge is 0.242 e. The zero-order chi connectivity index (χ0) is 14.8. The molecule has 1 aromatic rings. The lowest BCUT2D eigenvalue weighted by molar-refractivity contribution is 0.271. The van der Waals surface area contributed by atoms with E-state index in [4.69, 9.17) is 0 Å². The molecular formula is C14H24N2O3S. The second-order valence-electron chi connectivity index (χ2n) is 5.69. The fraction of sp³-hybridized carbons (Fsp3) is 0.714. The molecule has 0 atom stereocenters. The average molecular weight is 300 g/mol. The highest BCUT2D eigenvalue weighted by Crippen LogP contribution is 2.49. The number of aromatic nitrogens is 1. The molecule has 0 unspecified atom stereocenters. The maximum atomic E-state index is 12.3. The first kappa shape index (κ1) is 15.5. The van der Waals surface area contributed by atoms with Crippen LogP contribution in [-0.2, 0) is 23.2 Å². The standard InChI is InChI=1S/C14H24N2O3S/c1-3-5-14(6-7-14)11-15-20(18,19)13-8-12(10-17)16(4-2)9-13/h8-9,15,17H,3-7,10-11H2,1-2H3. The van der Waals surface area contributed by atoms with E-state index in [2.05, 4.69) is 11.6 Å². The van der Waals surface area contributed by atoms with Crippen LogP contribution in [-0.4, -0.2) is 24.6 Å². The number of nitrogens with zero attached hydrogens (tertiary/aromatic N) is 1. The van der Waals surface area contributed by atoms with E-state index in [-0.39, 0.29) is 16.9 Å². The van der Waals surface area contributed by atoms with E-state index in [0.717, 1.165) is 25.7 Å². The maximum absolute atomic E-state index is 12.3. The van der Waals surface area contributed by atoms with Crippen molar-refractivity contribution in [1.82, 2.24) is 9.29 Å². The van der Waals surface area contributed by atoms with Crippen LogP contribution in [0.5, 0.6) is 0 Å². The number of aryl methyl sites for hydroxylation is 1. The second-order valence-corrected chi connectivity index (χ2v) is 7.45. The third-order valence-corrected chi connectivity index (χ3v) is 5.52. The molecule has 2 rings (SSSR count). The summed E-state index contributed by atoms with van der Waals surface area (Å²) in [5.74, 6) is 0. The van der Waals surface area contributed by atoms with Crippen molar-refractivity contribution in [2.45, 2.75) is 57.6 Å². The van der Waals surface area contributed by atoms with Crippen LogP contribution in [0.2, 0.25) is 0 Å². The molecule has 0 amide bonds. The van der Waals surface area contributed by atoms with Crippen molar-refractivity contribution in [2.75, 3.05) is 6.54 Å². The predicted octanol–water partition coefficient (Wildman–Crippen LogP) is 1.86. The van der Waals surface area contributed by atoms with Crippen LogP contribution in [0.3, 0.4) is 0 Å². The third kappa shape index (κ3) is 3.24. The van der Waals surface area contributed by atoms with Gasteiger partial charge in [-0.25, -0.2) is 13.1 Å². The normalized spacial score (nSPS) is 17.4. The summed E-state index contributed by atoms with van der Waals surface area (Å²) < 4.78 is 29.1. The van der Waals surface area contributed by atoms with Crippen LogP contribution in [0.15, 0.2) is 17.2 Å². The molecule has 1 saturated carbocycles. The SMILES string of the molecule is CCCC1(CNS(=O)(=O)c2cc(CO)n(CC)c2)CC1. The van der Waals surface area contributed by atoms with E-state index in [0.29, 0.717) is 18.8 Å². The Balaban J connectivity index is 2.08. The fourth-order valence-corrected chi connectivity index (χ4v) is 3.87. The first-order valence-electron chi connectivity index (χ1n) is 7.26. The highest BCUT2D eigenvalue weighted by molar-refractivity contribution is 7.89. The highest BCUT2D eigenvalue weighted by Gasteiger charge is 2.42. The molecule has 0 aromatic carbocycles. The molecular weight excluding hydrogens is 276 g/mol. The molecule has 0 saturated heterocycles. The van der Waals surface area contributed by atoms with Gasteiger partial charge in [0.05, 0.1) is 11.5 Å². The molecule has 1 fully saturated rings. The van der Waals surface area contributed by atoms with Gasteiger partial charge in [0.2, 0.25) is 10.0 Å². The summed E-state index contributed by atoms with van der Waals surface area (Å²) in [6.07, 6.45) is 5.98. The lowest BCUT2D eigenvalue weighted by Crippen LogP contribution is -2.30. The van der Waals surface area contributed by atoms with Crippen molar-refractivity contribution < 1.29 is 13.5 Å². The van der Waals surface area contributed by atoms with E-state index in [9.17, 15) is 13.5 Å². The Kier molecular flexibility index (Phi) is 4.56. The Morgan fingerprint density at radius 3 is 2.55 bits per heavy atom. The van der Waals surface area contributed by atoms with Gasteiger partial charge in [-0.3, -0.25) is 0 Å². The van der Waals surface area contributed by atoms with Crippen LogP contribution in [0.4, 0.5) is 0 Å². The Hall–Kier alpha value is -0.850. The number of aliphatic hydroxyl groups is 1. The number of hydrogen-bond donors (Lipinski definition) is 2. The Labute approximate surface area is 121 Å². The third-order valence-electron chi connectivity index (χ3n) is 4.15. The number of sulfonamides is 1. The van der Waals surface area contributed by atoms with Gasteiger partial charge in [-0.15, -0.1) is 0 Å². The summed E-state index contributed by atoms with van der Waals surface area (Å²) >= 11 is 0. The number of aliphatic hydroxyl groups excluding tert-OH is 1. The molecule has 114 valence electrons. The van der Waals surface area contributed by atoms with Crippen molar-refractivity contribution >= 4 is 10.0 Å². The lowest BCUT2D eigenvalue weighted by Gasteiger charge is -2.14. The minimum atomic E-state index is -3.48. The van der Waals surface area contributed by atoms with Gasteiger partial charge in [0.1, 0.15) is 0 Å². The maximum Gasteiger partial charge on any atom is 0.242 e. The van der Waals surface area contributed by atoms with Crippen LogP contribution in [0.1, 0.15) is 45.2 Å². The Bertz CT molecular complexity index is 537. The minimum absolute atomic E-state index is 0.150. The summed E-state index contributed by atoms with van der Waals surface area (Å²) in [5, 5.41) is 9.23. The lowest BCUT2D eigenvalue weighted by atomic mass is 10.0. The van der Waals surface area contributed by atoms with Crippen molar-refractivity contribution in [3.63, 3.8) is 0 Å². The van der Waals surface area contributed by atoms with Crippen LogP contribution < -0.4 is 4.72 Å². The summed E-state index contributed by atoms with van der Waals surface area (Å²) in [5.41, 5.74) is 0.817. The quantitative estimate of drug-likeness (QED) is 0.770. The van der Waals surface area contributed by atoms with E-state index in [1.807, 2.05) is 6.92 Å². The first-order chi connectivity index (χ1) is 9.46. The molecule has 1 aromatic heterocycles. The molecule has 0 bridgehead atoms. The highest BCUT2D eigenvalue weighted by atomic mass is 32.2. The molecule has 0 radical (unpaired) electrons. The van der Waals surface area contributed by atoms with Gasteiger partial charge in [0.25, 0.3) is 0 Å². The summed E-state index contributed by atoms with van der Waals surface area (Å²) in [6, 6.07) is 1.55. The average Bonchev–Trinajstić information content (AvgIpc) is 3.05. The molecule has 0 spiro atoms. The van der Waals surface area contributed by atoms with E-state index >= 15 is 0 Å². The van der Waals surface area contributed by atoms with Crippen LogP contribution in [0.25, 0.3) is 0 Å². The van der Waals surface area contributed by atoms with E-state index < -0.39 is 10.0 Å². The zero-order valence-electron chi connectivity index (χ0n) is 12.2. The summed E-state index contributed by atoms with van der Waals surface area (Å²) in [6.45, 7) is 5.07. The first-order valence-corrected chi connectivity index (χ1v) is 8.74. The largest absolute Gasteiger partial charge is 0.390 e. The topological polar surface area (TPSA) is 71.3 Å². The van der Waals surface area contributed by atoms with Gasteiger partial charge in [-0.2, -0.15) is 0 Å². The van der Waals surface area contributed by atoms with Gasteiger partial charge in [-0.1, -0.05) is 13.3 Å². The van der Waals surface area contributed by atoms with Crippen molar-refractivity contribution in [2.24, 2.45) is 5.41 Å². The number of nitrogens with one attached hydrogen (secondary N) is 1. The van der Waals surface area contributed by atoms with E-state index in [1.54, 1.807) is 16.8 Å². The molecule has 1 aliphatic carbocycles. The van der Waals surface area contributed by atoms with Gasteiger partial charge in [0, 0.05) is 25.0 Å².